The molecule has 180 valence electrons. The van der Waals surface area contributed by atoms with Gasteiger partial charge in [0.15, 0.2) is 0 Å². The van der Waals surface area contributed by atoms with Crippen LogP contribution in [-0.2, 0) is 17.8 Å². The lowest BCUT2D eigenvalue weighted by Crippen LogP contribution is -2.38. The quantitative estimate of drug-likeness (QED) is 0.363. The van der Waals surface area contributed by atoms with Crippen LogP contribution >= 0.6 is 0 Å². The molecule has 0 fully saturated rings. The zero-order chi connectivity index (χ0) is 24.4. The minimum Gasteiger partial charge on any atom is -0.491 e. The zero-order valence-corrected chi connectivity index (χ0v) is 19.6. The molecule has 1 amide bonds. The number of H-pyrrole nitrogens is 1. The predicted molar refractivity (Wildman–Crippen MR) is 135 cm³/mol. The maximum atomic E-state index is 13.7. The number of amides is 1. The van der Waals surface area contributed by atoms with Crippen LogP contribution in [-0.4, -0.2) is 46.7 Å². The Morgan fingerprint density at radius 3 is 2.77 bits per heavy atom. The van der Waals surface area contributed by atoms with E-state index in [1.54, 1.807) is 12.1 Å². The maximum Gasteiger partial charge on any atom is 0.221 e. The Morgan fingerprint density at radius 2 is 1.97 bits per heavy atom. The number of rotatable bonds is 7. The second-order valence-corrected chi connectivity index (χ2v) is 9.01. The van der Waals surface area contributed by atoms with E-state index in [1.165, 1.54) is 13.0 Å². The fraction of sp³-hybridized carbons (Fsp3) is 0.250. The van der Waals surface area contributed by atoms with Gasteiger partial charge in [0.1, 0.15) is 24.3 Å². The number of hydrogen-bond acceptors (Lipinski definition) is 4. The number of nitrogens with zero attached hydrogens (tertiary/aromatic N) is 1. The van der Waals surface area contributed by atoms with E-state index in [0.29, 0.717) is 18.8 Å². The summed E-state index contributed by atoms with van der Waals surface area (Å²) < 4.78 is 19.6. The highest BCUT2D eigenvalue weighted by atomic mass is 19.1. The Morgan fingerprint density at radius 1 is 1.14 bits per heavy atom. The number of aliphatic hydroxyl groups is 1. The van der Waals surface area contributed by atoms with Gasteiger partial charge in [-0.15, -0.1) is 0 Å². The molecule has 0 saturated heterocycles. The summed E-state index contributed by atoms with van der Waals surface area (Å²) in [7, 11) is 0. The predicted octanol–water partition coefficient (Wildman–Crippen LogP) is 4.73. The number of aromatic amines is 1. The van der Waals surface area contributed by atoms with Gasteiger partial charge in [-0.1, -0.05) is 24.3 Å². The minimum absolute atomic E-state index is 0.107. The second-order valence-electron chi connectivity index (χ2n) is 9.01. The summed E-state index contributed by atoms with van der Waals surface area (Å²) in [5.74, 6) is 0.333. The molecule has 1 aliphatic heterocycles. The van der Waals surface area contributed by atoms with Crippen molar-refractivity contribution in [2.75, 3.05) is 25.0 Å². The second kappa shape index (κ2) is 9.90. The van der Waals surface area contributed by atoms with E-state index >= 15 is 0 Å². The number of halogens is 1. The minimum atomic E-state index is -0.646. The number of nitrogens with one attached hydrogen (secondary N) is 2. The zero-order valence-electron chi connectivity index (χ0n) is 19.6. The van der Waals surface area contributed by atoms with Gasteiger partial charge in [-0.05, 0) is 59.2 Å². The Bertz CT molecular complexity index is 1350. The molecular weight excluding hydrogens is 445 g/mol. The van der Waals surface area contributed by atoms with E-state index in [-0.39, 0.29) is 18.3 Å². The lowest BCUT2D eigenvalue weighted by molar-refractivity contribution is -0.114. The highest BCUT2D eigenvalue weighted by molar-refractivity contribution is 5.89. The number of aromatic nitrogens is 1. The monoisotopic (exact) mass is 473 g/mol. The van der Waals surface area contributed by atoms with Crippen molar-refractivity contribution in [2.24, 2.45) is 0 Å². The largest absolute Gasteiger partial charge is 0.491 e. The molecule has 0 saturated carbocycles. The molecule has 0 radical (unpaired) electrons. The van der Waals surface area contributed by atoms with Crippen molar-refractivity contribution in [3.63, 3.8) is 0 Å². The number of aliphatic hydroxyl groups excluding tert-OH is 1. The molecule has 6 nitrogen and oxygen atoms in total. The normalized spacial score (nSPS) is 14.5. The molecular formula is C28H28FN3O3. The fourth-order valence-corrected chi connectivity index (χ4v) is 4.66. The van der Waals surface area contributed by atoms with E-state index in [0.717, 1.165) is 51.9 Å². The van der Waals surface area contributed by atoms with Gasteiger partial charge in [0.05, 0.1) is 0 Å². The number of carbonyl (C=O) groups is 1. The Balaban J connectivity index is 1.16. The lowest BCUT2D eigenvalue weighted by atomic mass is 10.0. The lowest BCUT2D eigenvalue weighted by Gasteiger charge is -2.29. The number of β-amino-alcohol motifs (C(OH)–C–C–N with tert-alkyl or cyclic N) is 1. The smallest absolute Gasteiger partial charge is 0.221 e. The van der Waals surface area contributed by atoms with Crippen LogP contribution in [0.5, 0.6) is 5.75 Å². The number of fused-ring (bicyclic) bond motifs is 3. The number of benzene rings is 3. The molecule has 2 heterocycles. The third-order valence-corrected chi connectivity index (χ3v) is 6.30. The summed E-state index contributed by atoms with van der Waals surface area (Å²) in [6, 6.07) is 20.1. The van der Waals surface area contributed by atoms with Crippen LogP contribution in [0.25, 0.3) is 22.0 Å². The van der Waals surface area contributed by atoms with Gasteiger partial charge in [0.2, 0.25) is 5.91 Å². The van der Waals surface area contributed by atoms with Crippen molar-refractivity contribution < 1.29 is 19.0 Å². The van der Waals surface area contributed by atoms with Gasteiger partial charge in [0, 0.05) is 55.3 Å². The van der Waals surface area contributed by atoms with Gasteiger partial charge in [-0.2, -0.15) is 0 Å². The molecule has 3 aromatic carbocycles. The van der Waals surface area contributed by atoms with Crippen LogP contribution in [0, 0.1) is 5.82 Å². The van der Waals surface area contributed by atoms with Crippen molar-refractivity contribution in [3.8, 4) is 16.9 Å². The number of hydrogen-bond donors (Lipinski definition) is 3. The Labute approximate surface area is 203 Å². The van der Waals surface area contributed by atoms with E-state index in [4.69, 9.17) is 4.74 Å². The van der Waals surface area contributed by atoms with Gasteiger partial charge < -0.3 is 20.1 Å². The molecule has 1 aromatic heterocycles. The summed E-state index contributed by atoms with van der Waals surface area (Å²) in [5.41, 5.74) is 5.95. The molecule has 5 rings (SSSR count). The summed E-state index contributed by atoms with van der Waals surface area (Å²) in [6.45, 7) is 3.64. The average molecular weight is 474 g/mol. The first kappa shape index (κ1) is 23.1. The summed E-state index contributed by atoms with van der Waals surface area (Å²) in [6.07, 6.45) is 0.191. The molecule has 0 spiro atoms. The summed E-state index contributed by atoms with van der Waals surface area (Å²) >= 11 is 0. The first-order valence-electron chi connectivity index (χ1n) is 11.7. The SMILES string of the molecule is CC(=O)Nc1cccc(-c2ccc(OCC(O)CN3CCc4[nH]c5ccc(F)cc5c4C3)cc2)c1. The Hall–Kier alpha value is -3.68. The number of carbonyl (C=O) groups excluding carboxylic acids is 1. The average Bonchev–Trinajstić information content (AvgIpc) is 3.20. The van der Waals surface area contributed by atoms with Crippen LogP contribution in [0.2, 0.25) is 0 Å². The van der Waals surface area contributed by atoms with Crippen molar-refractivity contribution >= 4 is 22.5 Å². The van der Waals surface area contributed by atoms with Crippen molar-refractivity contribution in [3.05, 3.63) is 83.8 Å². The van der Waals surface area contributed by atoms with Gasteiger partial charge in [-0.25, -0.2) is 4.39 Å². The first-order valence-corrected chi connectivity index (χ1v) is 11.7. The molecule has 1 aliphatic rings. The summed E-state index contributed by atoms with van der Waals surface area (Å²) in [5, 5.41) is 14.3. The molecule has 1 atom stereocenters. The van der Waals surface area contributed by atoms with E-state index in [1.807, 2.05) is 48.5 Å². The Kier molecular flexibility index (Phi) is 6.53. The third-order valence-electron chi connectivity index (χ3n) is 6.30. The molecule has 3 N–H and O–H groups in total. The highest BCUT2D eigenvalue weighted by Gasteiger charge is 2.22. The van der Waals surface area contributed by atoms with Crippen LogP contribution in [0.3, 0.4) is 0 Å². The number of ether oxygens (including phenoxy) is 1. The van der Waals surface area contributed by atoms with Gasteiger partial charge >= 0.3 is 0 Å². The van der Waals surface area contributed by atoms with Crippen molar-refractivity contribution in [2.45, 2.75) is 26.0 Å². The maximum absolute atomic E-state index is 13.7. The van der Waals surface area contributed by atoms with Crippen molar-refractivity contribution in [1.82, 2.24) is 9.88 Å². The van der Waals surface area contributed by atoms with E-state index < -0.39 is 6.10 Å². The van der Waals surface area contributed by atoms with Gasteiger partial charge in [0.25, 0.3) is 0 Å². The van der Waals surface area contributed by atoms with Crippen molar-refractivity contribution in [1.29, 1.82) is 0 Å². The molecule has 0 aliphatic carbocycles. The standard InChI is InChI=1S/C28H28FN3O3/c1-18(33)30-22-4-2-3-20(13-22)19-5-8-24(9-6-19)35-17-23(34)15-32-12-11-28-26(16-32)25-14-21(29)7-10-27(25)31-28/h2-10,13-14,23,31,34H,11-12,15-17H2,1H3,(H,30,33). The molecule has 4 aromatic rings. The van der Waals surface area contributed by atoms with Gasteiger partial charge in [-0.3, -0.25) is 9.69 Å². The summed E-state index contributed by atoms with van der Waals surface area (Å²) in [4.78, 5) is 16.9. The van der Waals surface area contributed by atoms with Crippen LogP contribution in [0.4, 0.5) is 10.1 Å². The van der Waals surface area contributed by atoms with E-state index in [2.05, 4.69) is 15.2 Å². The topological polar surface area (TPSA) is 77.6 Å². The van der Waals surface area contributed by atoms with Crippen LogP contribution in [0.15, 0.2) is 66.7 Å². The number of anilines is 1. The molecule has 0 bridgehead atoms. The molecule has 35 heavy (non-hydrogen) atoms. The fourth-order valence-electron chi connectivity index (χ4n) is 4.66. The van der Waals surface area contributed by atoms with E-state index in [9.17, 15) is 14.3 Å². The van der Waals surface area contributed by atoms with Crippen LogP contribution < -0.4 is 10.1 Å². The first-order chi connectivity index (χ1) is 16.9. The highest BCUT2D eigenvalue weighted by Crippen LogP contribution is 2.29. The molecule has 7 heteroatoms. The molecule has 1 unspecified atom stereocenters. The third kappa shape index (κ3) is 5.37. The van der Waals surface area contributed by atoms with Crippen LogP contribution in [0.1, 0.15) is 18.2 Å².